The fourth-order valence-electron chi connectivity index (χ4n) is 2.33. The molecule has 3 nitrogen and oxygen atoms in total. The Morgan fingerprint density at radius 3 is 2.60 bits per heavy atom. The minimum absolute atomic E-state index is 1.00. The number of allylic oxidation sites excluding steroid dienone is 3. The Kier molecular flexibility index (Phi) is 4.08. The van der Waals surface area contributed by atoms with E-state index in [2.05, 4.69) is 42.1 Å². The molecule has 2 aromatic rings. The van der Waals surface area contributed by atoms with Gasteiger partial charge >= 0.3 is 0 Å². The molecule has 0 fully saturated rings. The first kappa shape index (κ1) is 14.1. The lowest BCUT2D eigenvalue weighted by atomic mass is 10.0. The minimum atomic E-state index is 1.00. The summed E-state index contributed by atoms with van der Waals surface area (Å²) >= 11 is 0. The van der Waals surface area contributed by atoms with Crippen molar-refractivity contribution in [2.75, 3.05) is 12.4 Å². The summed E-state index contributed by atoms with van der Waals surface area (Å²) in [7, 11) is 1.90. The fourth-order valence-corrected chi connectivity index (χ4v) is 2.33. The van der Waals surface area contributed by atoms with Gasteiger partial charge in [0.05, 0.1) is 17.6 Å². The van der Waals surface area contributed by atoms with Gasteiger partial charge in [0, 0.05) is 12.7 Å². The summed E-state index contributed by atoms with van der Waals surface area (Å²) in [5, 5.41) is 7.53. The van der Waals surface area contributed by atoms with Crippen molar-refractivity contribution in [1.82, 2.24) is 9.78 Å². The van der Waals surface area contributed by atoms with Crippen LogP contribution in [-0.2, 0) is 0 Å². The van der Waals surface area contributed by atoms with Gasteiger partial charge in [0.15, 0.2) is 0 Å². The number of aromatic nitrogens is 2. The first-order chi connectivity index (χ1) is 9.54. The van der Waals surface area contributed by atoms with Gasteiger partial charge in [-0.2, -0.15) is 5.10 Å². The highest BCUT2D eigenvalue weighted by atomic mass is 15.3. The molecule has 0 unspecified atom stereocenters. The normalized spacial score (nSPS) is 11.5. The minimum Gasteiger partial charge on any atom is -0.385 e. The van der Waals surface area contributed by atoms with E-state index in [9.17, 15) is 0 Å². The first-order valence-electron chi connectivity index (χ1n) is 6.70. The van der Waals surface area contributed by atoms with E-state index < -0.39 is 0 Å². The number of rotatable bonds is 4. The summed E-state index contributed by atoms with van der Waals surface area (Å²) in [6.45, 7) is 10.4. The van der Waals surface area contributed by atoms with Crippen molar-refractivity contribution in [3.63, 3.8) is 0 Å². The van der Waals surface area contributed by atoms with Crippen LogP contribution in [-0.4, -0.2) is 16.8 Å². The molecule has 3 heteroatoms. The van der Waals surface area contributed by atoms with Crippen molar-refractivity contribution in [2.45, 2.75) is 20.8 Å². The van der Waals surface area contributed by atoms with Crippen LogP contribution in [0.4, 0.5) is 5.69 Å². The average Bonchev–Trinajstić information content (AvgIpc) is 2.80. The van der Waals surface area contributed by atoms with Crippen molar-refractivity contribution < 1.29 is 0 Å². The van der Waals surface area contributed by atoms with Gasteiger partial charge in [0.25, 0.3) is 0 Å². The van der Waals surface area contributed by atoms with E-state index in [1.165, 1.54) is 11.1 Å². The van der Waals surface area contributed by atoms with Gasteiger partial charge in [-0.15, -0.1) is 0 Å². The van der Waals surface area contributed by atoms with Gasteiger partial charge in [-0.1, -0.05) is 30.8 Å². The largest absolute Gasteiger partial charge is 0.385 e. The van der Waals surface area contributed by atoms with Crippen molar-refractivity contribution in [3.8, 4) is 0 Å². The van der Waals surface area contributed by atoms with Crippen molar-refractivity contribution in [2.24, 2.45) is 0 Å². The highest BCUT2D eigenvalue weighted by Crippen LogP contribution is 2.22. The molecule has 0 aliphatic carbocycles. The smallest absolute Gasteiger partial charge is 0.0758 e. The molecule has 0 radical (unpaired) electrons. The van der Waals surface area contributed by atoms with Crippen LogP contribution < -0.4 is 5.32 Å². The zero-order valence-electron chi connectivity index (χ0n) is 12.6. The van der Waals surface area contributed by atoms with Gasteiger partial charge in [0.2, 0.25) is 0 Å². The van der Waals surface area contributed by atoms with Crippen LogP contribution in [0.2, 0.25) is 0 Å². The molecule has 20 heavy (non-hydrogen) atoms. The van der Waals surface area contributed by atoms with Crippen LogP contribution >= 0.6 is 0 Å². The standard InChI is InChI=1S/C17H21N3/c1-12-8-6-7-9-16(12)13(2)10-14(3)20-15(4)17(18-5)11-19-20/h6-11,18H,2H2,1,3-5H3/b14-10-. The number of hydrogen-bond acceptors (Lipinski definition) is 2. The maximum atomic E-state index is 4.40. The fraction of sp³-hybridized carbons (Fsp3) is 0.235. The number of nitrogens with one attached hydrogen (secondary N) is 1. The molecule has 1 aromatic heterocycles. The average molecular weight is 267 g/mol. The Bertz CT molecular complexity index is 663. The van der Waals surface area contributed by atoms with E-state index in [0.29, 0.717) is 0 Å². The summed E-state index contributed by atoms with van der Waals surface area (Å²) in [6.07, 6.45) is 3.91. The summed E-state index contributed by atoms with van der Waals surface area (Å²) in [5.74, 6) is 0. The molecule has 0 saturated heterocycles. The van der Waals surface area contributed by atoms with E-state index in [-0.39, 0.29) is 0 Å². The topological polar surface area (TPSA) is 29.9 Å². The second kappa shape index (κ2) is 5.78. The third-order valence-electron chi connectivity index (χ3n) is 3.49. The third-order valence-corrected chi connectivity index (χ3v) is 3.49. The van der Waals surface area contributed by atoms with E-state index in [4.69, 9.17) is 0 Å². The summed E-state index contributed by atoms with van der Waals surface area (Å²) in [4.78, 5) is 0. The predicted octanol–water partition coefficient (Wildman–Crippen LogP) is 4.12. The summed E-state index contributed by atoms with van der Waals surface area (Å²) < 4.78 is 1.93. The van der Waals surface area contributed by atoms with Crippen molar-refractivity contribution in [1.29, 1.82) is 0 Å². The van der Waals surface area contributed by atoms with Gasteiger partial charge in [-0.3, -0.25) is 0 Å². The van der Waals surface area contributed by atoms with E-state index in [1.807, 2.05) is 43.9 Å². The van der Waals surface area contributed by atoms with Crippen LogP contribution in [0.3, 0.4) is 0 Å². The number of hydrogen-bond donors (Lipinski definition) is 1. The molecule has 1 aromatic carbocycles. The number of benzene rings is 1. The molecule has 0 aliphatic rings. The molecule has 2 rings (SSSR count). The lowest BCUT2D eigenvalue weighted by Crippen LogP contribution is -2.00. The molecular weight excluding hydrogens is 246 g/mol. The Hall–Kier alpha value is -2.29. The summed E-state index contributed by atoms with van der Waals surface area (Å²) in [6, 6.07) is 8.27. The van der Waals surface area contributed by atoms with Crippen LogP contribution in [0.5, 0.6) is 0 Å². The molecule has 0 bridgehead atoms. The third kappa shape index (κ3) is 2.67. The zero-order valence-corrected chi connectivity index (χ0v) is 12.6. The van der Waals surface area contributed by atoms with Crippen molar-refractivity contribution >= 4 is 17.0 Å². The molecule has 0 spiro atoms. The molecule has 1 heterocycles. The highest BCUT2D eigenvalue weighted by molar-refractivity contribution is 5.79. The van der Waals surface area contributed by atoms with E-state index >= 15 is 0 Å². The Morgan fingerprint density at radius 2 is 2.00 bits per heavy atom. The second-order valence-corrected chi connectivity index (χ2v) is 4.93. The van der Waals surface area contributed by atoms with E-state index in [1.54, 1.807) is 0 Å². The quantitative estimate of drug-likeness (QED) is 0.845. The summed E-state index contributed by atoms with van der Waals surface area (Å²) in [5.41, 5.74) is 6.59. The molecule has 104 valence electrons. The van der Waals surface area contributed by atoms with E-state index in [0.717, 1.165) is 22.7 Å². The Morgan fingerprint density at radius 1 is 1.30 bits per heavy atom. The van der Waals surface area contributed by atoms with Gasteiger partial charge < -0.3 is 5.32 Å². The van der Waals surface area contributed by atoms with Gasteiger partial charge in [-0.25, -0.2) is 4.68 Å². The number of nitrogens with zero attached hydrogens (tertiary/aromatic N) is 2. The van der Waals surface area contributed by atoms with Crippen molar-refractivity contribution in [3.05, 3.63) is 59.9 Å². The number of aryl methyl sites for hydroxylation is 1. The molecular formula is C17H21N3. The monoisotopic (exact) mass is 267 g/mol. The maximum Gasteiger partial charge on any atom is 0.0758 e. The molecule has 1 N–H and O–H groups in total. The Labute approximate surface area is 120 Å². The van der Waals surface area contributed by atoms with Crippen LogP contribution in [0, 0.1) is 13.8 Å². The van der Waals surface area contributed by atoms with Gasteiger partial charge in [-0.05, 0) is 43.5 Å². The second-order valence-electron chi connectivity index (χ2n) is 4.93. The Balaban J connectivity index is 2.33. The maximum absolute atomic E-state index is 4.40. The molecule has 0 saturated carbocycles. The highest BCUT2D eigenvalue weighted by Gasteiger charge is 2.07. The molecule has 0 aliphatic heterocycles. The lowest BCUT2D eigenvalue weighted by Gasteiger charge is -2.09. The molecule has 0 atom stereocenters. The number of anilines is 1. The van der Waals surface area contributed by atoms with Crippen LogP contribution in [0.25, 0.3) is 11.3 Å². The van der Waals surface area contributed by atoms with Gasteiger partial charge in [0.1, 0.15) is 0 Å². The first-order valence-corrected chi connectivity index (χ1v) is 6.70. The van der Waals surface area contributed by atoms with Crippen LogP contribution in [0.1, 0.15) is 23.7 Å². The SMILES string of the molecule is C=C(/C=C(/C)n1ncc(NC)c1C)c1ccccc1C. The predicted molar refractivity (Wildman–Crippen MR) is 86.7 cm³/mol. The molecule has 0 amide bonds. The van der Waals surface area contributed by atoms with Crippen LogP contribution in [0.15, 0.2) is 43.1 Å². The lowest BCUT2D eigenvalue weighted by molar-refractivity contribution is 0.862. The zero-order chi connectivity index (χ0) is 14.7.